The Kier molecular flexibility index (Phi) is 2.97. The minimum atomic E-state index is -1.59. The molecule has 0 aliphatic rings. The lowest BCUT2D eigenvalue weighted by Gasteiger charge is -2.38. The molecule has 0 fully saturated rings. The van der Waals surface area contributed by atoms with Crippen molar-refractivity contribution in [2.24, 2.45) is 0 Å². The van der Waals surface area contributed by atoms with Crippen molar-refractivity contribution in [1.29, 1.82) is 0 Å². The highest BCUT2D eigenvalue weighted by atomic mass is 28.3. The second-order valence-corrected chi connectivity index (χ2v) is 11.5. The van der Waals surface area contributed by atoms with Gasteiger partial charge < -0.3 is 4.23 Å². The monoisotopic (exact) mass is 259 g/mol. The Labute approximate surface area is 110 Å². The fourth-order valence-corrected chi connectivity index (χ4v) is 4.06. The first-order valence-corrected chi connectivity index (χ1v) is 9.29. The highest BCUT2D eigenvalue weighted by Gasteiger charge is 2.37. The van der Waals surface area contributed by atoms with Crippen molar-refractivity contribution < 1.29 is 4.79 Å². The van der Waals surface area contributed by atoms with Gasteiger partial charge in [0.2, 0.25) is 0 Å². The van der Waals surface area contributed by atoms with Gasteiger partial charge in [0.15, 0.2) is 8.24 Å². The fraction of sp³-hybridized carbons (Fsp3) is 0.400. The van der Waals surface area contributed by atoms with Crippen LogP contribution in [-0.2, 0) is 0 Å². The zero-order chi connectivity index (χ0) is 13.6. The lowest BCUT2D eigenvalue weighted by atomic mass is 10.2. The van der Waals surface area contributed by atoms with Gasteiger partial charge in [-0.2, -0.15) is 0 Å². The molecule has 3 heteroatoms. The zero-order valence-electron chi connectivity index (χ0n) is 11.8. The third-order valence-corrected chi connectivity index (χ3v) is 9.55. The molecule has 0 aliphatic heterocycles. The molecule has 0 saturated carbocycles. The van der Waals surface area contributed by atoms with Crippen LogP contribution in [0.15, 0.2) is 30.5 Å². The van der Waals surface area contributed by atoms with Gasteiger partial charge in [-0.15, -0.1) is 0 Å². The van der Waals surface area contributed by atoms with Crippen molar-refractivity contribution >= 4 is 25.4 Å². The molecular weight excluding hydrogens is 238 g/mol. The quantitative estimate of drug-likeness (QED) is 0.582. The highest BCUT2D eigenvalue weighted by Crippen LogP contribution is 2.38. The van der Waals surface area contributed by atoms with Gasteiger partial charge in [0.1, 0.15) is 6.29 Å². The van der Waals surface area contributed by atoms with Crippen molar-refractivity contribution in [2.45, 2.75) is 38.9 Å². The second kappa shape index (κ2) is 4.09. The van der Waals surface area contributed by atoms with Crippen LogP contribution in [-0.4, -0.2) is 18.8 Å². The number of nitrogens with zero attached hydrogens (tertiary/aromatic N) is 1. The van der Waals surface area contributed by atoms with E-state index in [-0.39, 0.29) is 0 Å². The van der Waals surface area contributed by atoms with Crippen LogP contribution in [0.5, 0.6) is 0 Å². The van der Waals surface area contributed by atoms with E-state index in [2.05, 4.69) is 56.4 Å². The molecule has 2 aromatic rings. The molecule has 0 saturated heterocycles. The van der Waals surface area contributed by atoms with Crippen LogP contribution in [0, 0.1) is 0 Å². The summed E-state index contributed by atoms with van der Waals surface area (Å²) >= 11 is 0. The van der Waals surface area contributed by atoms with Crippen LogP contribution in [0.25, 0.3) is 10.9 Å². The number of fused-ring (bicyclic) bond motifs is 1. The largest absolute Gasteiger partial charge is 0.374 e. The topological polar surface area (TPSA) is 22.0 Å². The molecule has 2 nitrogen and oxygen atoms in total. The highest BCUT2D eigenvalue weighted by molar-refractivity contribution is 6.79. The number of carbonyl (C=O) groups is 1. The Morgan fingerprint density at radius 3 is 2.39 bits per heavy atom. The van der Waals surface area contributed by atoms with E-state index in [1.54, 1.807) is 0 Å². The van der Waals surface area contributed by atoms with E-state index in [1.807, 2.05) is 12.1 Å². The average molecular weight is 259 g/mol. The van der Waals surface area contributed by atoms with E-state index in [9.17, 15) is 4.79 Å². The first kappa shape index (κ1) is 13.1. The van der Waals surface area contributed by atoms with Gasteiger partial charge >= 0.3 is 0 Å². The maximum Gasteiger partial charge on any atom is 0.161 e. The molecule has 1 aromatic carbocycles. The third kappa shape index (κ3) is 1.92. The molecule has 0 aliphatic carbocycles. The van der Waals surface area contributed by atoms with Gasteiger partial charge in [-0.3, -0.25) is 4.79 Å². The number of carbonyl (C=O) groups excluding carboxylic acids is 1. The third-order valence-electron chi connectivity index (χ3n) is 4.29. The Balaban J connectivity index is 2.63. The molecule has 1 heterocycles. The number of hydrogen-bond donors (Lipinski definition) is 0. The zero-order valence-corrected chi connectivity index (χ0v) is 12.8. The van der Waals surface area contributed by atoms with Crippen molar-refractivity contribution in [3.8, 4) is 0 Å². The van der Waals surface area contributed by atoms with Gasteiger partial charge in [0, 0.05) is 11.1 Å². The Bertz CT molecular complexity index is 590. The summed E-state index contributed by atoms with van der Waals surface area (Å²) in [6, 6.07) is 8.05. The number of aldehydes is 1. The van der Waals surface area contributed by atoms with E-state index in [1.165, 1.54) is 5.52 Å². The second-order valence-electron chi connectivity index (χ2n) is 6.43. The van der Waals surface area contributed by atoms with E-state index in [0.717, 1.165) is 17.2 Å². The summed E-state index contributed by atoms with van der Waals surface area (Å²) in [4.78, 5) is 10.8. The molecule has 0 spiro atoms. The molecule has 18 heavy (non-hydrogen) atoms. The van der Waals surface area contributed by atoms with Gasteiger partial charge in [-0.1, -0.05) is 33.9 Å². The average Bonchev–Trinajstić information content (AvgIpc) is 2.70. The van der Waals surface area contributed by atoms with Gasteiger partial charge in [-0.05, 0) is 40.9 Å². The summed E-state index contributed by atoms with van der Waals surface area (Å²) in [5.41, 5.74) is 1.99. The Morgan fingerprint density at radius 2 is 1.83 bits per heavy atom. The first-order chi connectivity index (χ1) is 8.27. The maximum absolute atomic E-state index is 10.8. The van der Waals surface area contributed by atoms with Gasteiger partial charge in [0.05, 0.1) is 0 Å². The van der Waals surface area contributed by atoms with Crippen molar-refractivity contribution in [2.75, 3.05) is 0 Å². The van der Waals surface area contributed by atoms with E-state index in [4.69, 9.17) is 0 Å². The predicted molar refractivity (Wildman–Crippen MR) is 79.9 cm³/mol. The molecule has 0 atom stereocenters. The van der Waals surface area contributed by atoms with E-state index in [0.29, 0.717) is 5.04 Å². The van der Waals surface area contributed by atoms with E-state index < -0.39 is 8.24 Å². The number of hydrogen-bond acceptors (Lipinski definition) is 1. The van der Waals surface area contributed by atoms with Crippen LogP contribution in [0.4, 0.5) is 0 Å². The molecule has 0 radical (unpaired) electrons. The van der Waals surface area contributed by atoms with Gasteiger partial charge in [0.25, 0.3) is 0 Å². The predicted octanol–water partition coefficient (Wildman–Crippen LogP) is 4.31. The minimum Gasteiger partial charge on any atom is -0.374 e. The Hall–Kier alpha value is -1.35. The summed E-state index contributed by atoms with van der Waals surface area (Å²) in [6.45, 7) is 11.7. The van der Waals surface area contributed by atoms with Crippen LogP contribution in [0.1, 0.15) is 31.1 Å². The van der Waals surface area contributed by atoms with E-state index >= 15 is 0 Å². The van der Waals surface area contributed by atoms with Crippen LogP contribution in [0.3, 0.4) is 0 Å². The molecular formula is C15H21NOSi. The molecule has 0 N–H and O–H groups in total. The molecule has 1 aromatic heterocycles. The van der Waals surface area contributed by atoms with Crippen LogP contribution < -0.4 is 0 Å². The van der Waals surface area contributed by atoms with Crippen LogP contribution >= 0.6 is 0 Å². The standard InChI is InChI=1S/C15H21NOSi/c1-15(2,3)18(4,5)16-9-8-13-10-12(11-17)6-7-14(13)16/h6-11H,1-5H3. The lowest BCUT2D eigenvalue weighted by molar-refractivity contribution is 0.112. The summed E-state index contributed by atoms with van der Waals surface area (Å²) < 4.78 is 2.44. The summed E-state index contributed by atoms with van der Waals surface area (Å²) in [5, 5.41) is 1.45. The van der Waals surface area contributed by atoms with Crippen molar-refractivity contribution in [3.63, 3.8) is 0 Å². The van der Waals surface area contributed by atoms with Crippen molar-refractivity contribution in [1.82, 2.24) is 4.23 Å². The normalized spacial score (nSPS) is 12.9. The van der Waals surface area contributed by atoms with Crippen molar-refractivity contribution in [3.05, 3.63) is 36.0 Å². The molecule has 0 unspecified atom stereocenters. The molecule has 0 amide bonds. The fourth-order valence-electron chi connectivity index (χ4n) is 2.08. The molecule has 0 bridgehead atoms. The van der Waals surface area contributed by atoms with Gasteiger partial charge in [-0.25, -0.2) is 0 Å². The smallest absolute Gasteiger partial charge is 0.161 e. The SMILES string of the molecule is CC(C)(C)[Si](C)(C)n1ccc2cc(C=O)ccc21. The Morgan fingerprint density at radius 1 is 1.17 bits per heavy atom. The van der Waals surface area contributed by atoms with Crippen LogP contribution in [0.2, 0.25) is 18.1 Å². The lowest BCUT2D eigenvalue weighted by Crippen LogP contribution is -2.44. The number of rotatable bonds is 2. The maximum atomic E-state index is 10.8. The first-order valence-electron chi connectivity index (χ1n) is 6.34. The molecule has 96 valence electrons. The number of aromatic nitrogens is 1. The summed E-state index contributed by atoms with van der Waals surface area (Å²) in [5.74, 6) is 0. The minimum absolute atomic E-state index is 0.294. The summed E-state index contributed by atoms with van der Waals surface area (Å²) in [6.07, 6.45) is 3.08. The molecule has 2 rings (SSSR count). The summed E-state index contributed by atoms with van der Waals surface area (Å²) in [7, 11) is -1.59. The number of benzene rings is 1.